The summed E-state index contributed by atoms with van der Waals surface area (Å²) < 4.78 is 0. The van der Waals surface area contributed by atoms with Crippen LogP contribution in [0.4, 0.5) is 4.79 Å². The quantitative estimate of drug-likeness (QED) is 0.297. The summed E-state index contributed by atoms with van der Waals surface area (Å²) in [5.74, 6) is 0.637. The van der Waals surface area contributed by atoms with Crippen LogP contribution in [0.5, 0.6) is 0 Å². The molecule has 9 heavy (non-hydrogen) atoms. The van der Waals surface area contributed by atoms with Crippen molar-refractivity contribution in [2.45, 2.75) is 12.8 Å². The molecule has 0 aliphatic heterocycles. The van der Waals surface area contributed by atoms with E-state index in [4.69, 9.17) is 23.2 Å². The maximum absolute atomic E-state index is 10.0. The Bertz CT molecular complexity index is 87.0. The number of carbonyl (C=O) groups excluding carboxylic acids is 1. The lowest BCUT2D eigenvalue weighted by Crippen LogP contribution is -2.17. The Morgan fingerprint density at radius 1 is 1.44 bits per heavy atom. The molecule has 0 spiro atoms. The summed E-state index contributed by atoms with van der Waals surface area (Å²) in [5.41, 5.74) is 0. The Balaban J connectivity index is 2.83. The van der Waals surface area contributed by atoms with E-state index in [-0.39, 0.29) is 0 Å². The van der Waals surface area contributed by atoms with E-state index in [9.17, 15) is 4.79 Å². The van der Waals surface area contributed by atoms with Gasteiger partial charge in [-0.1, -0.05) is 0 Å². The molecule has 1 amide bonds. The van der Waals surface area contributed by atoms with Crippen LogP contribution in [0.3, 0.4) is 0 Å². The first-order valence-electron chi connectivity index (χ1n) is 2.76. The molecular formula is C5H9Cl2NO. The largest absolute Gasteiger partial charge is 0.343 e. The first kappa shape index (κ1) is 9.05. The minimum atomic E-state index is -0.496. The zero-order valence-corrected chi connectivity index (χ0v) is 6.50. The van der Waals surface area contributed by atoms with Crippen LogP contribution >= 0.6 is 23.2 Å². The van der Waals surface area contributed by atoms with Gasteiger partial charge in [0.25, 0.3) is 0 Å². The number of hydrogen-bond donors (Lipinski definition) is 1. The molecule has 0 atom stereocenters. The van der Waals surface area contributed by atoms with Gasteiger partial charge in [0.15, 0.2) is 0 Å². The van der Waals surface area contributed by atoms with Crippen molar-refractivity contribution in [3.8, 4) is 0 Å². The fourth-order valence-corrected chi connectivity index (χ4v) is 0.690. The smallest absolute Gasteiger partial charge is 0.313 e. The van der Waals surface area contributed by atoms with Gasteiger partial charge >= 0.3 is 5.37 Å². The minimum Gasteiger partial charge on any atom is -0.343 e. The number of alkyl halides is 1. The lowest BCUT2D eigenvalue weighted by Gasteiger charge is -1.96. The van der Waals surface area contributed by atoms with Crippen LogP contribution < -0.4 is 5.32 Å². The lowest BCUT2D eigenvalue weighted by atomic mass is 10.3. The summed E-state index contributed by atoms with van der Waals surface area (Å²) in [5, 5.41) is 1.95. The predicted molar refractivity (Wildman–Crippen MR) is 39.2 cm³/mol. The second kappa shape index (κ2) is 6.17. The number of halogens is 2. The maximum Gasteiger partial charge on any atom is 0.313 e. The van der Waals surface area contributed by atoms with E-state index in [0.29, 0.717) is 12.4 Å². The SMILES string of the molecule is O=C(Cl)NCCCCCl. The Morgan fingerprint density at radius 2 is 2.11 bits per heavy atom. The Kier molecular flexibility index (Phi) is 6.21. The predicted octanol–water partition coefficient (Wildman–Crippen LogP) is 1.95. The van der Waals surface area contributed by atoms with Crippen molar-refractivity contribution in [1.29, 1.82) is 0 Å². The molecule has 4 heteroatoms. The van der Waals surface area contributed by atoms with Crippen molar-refractivity contribution < 1.29 is 4.79 Å². The van der Waals surface area contributed by atoms with Crippen LogP contribution in [0.2, 0.25) is 0 Å². The van der Waals surface area contributed by atoms with Crippen molar-refractivity contribution in [2.24, 2.45) is 0 Å². The second-order valence-corrected chi connectivity index (χ2v) is 2.32. The monoisotopic (exact) mass is 169 g/mol. The normalized spacial score (nSPS) is 9.11. The molecule has 1 N–H and O–H groups in total. The third-order valence-corrected chi connectivity index (χ3v) is 1.23. The molecule has 0 aromatic rings. The Hall–Kier alpha value is 0.0500. The van der Waals surface area contributed by atoms with Crippen molar-refractivity contribution in [3.05, 3.63) is 0 Å². The third-order valence-electron chi connectivity index (χ3n) is 0.824. The molecule has 0 unspecified atom stereocenters. The van der Waals surface area contributed by atoms with Crippen LogP contribution in [0.15, 0.2) is 0 Å². The number of unbranched alkanes of at least 4 members (excludes halogenated alkanes) is 1. The molecule has 0 radical (unpaired) electrons. The fraction of sp³-hybridized carbons (Fsp3) is 0.800. The number of nitrogens with one attached hydrogen (secondary N) is 1. The van der Waals surface area contributed by atoms with Crippen LogP contribution in [0.1, 0.15) is 12.8 Å². The molecule has 0 saturated heterocycles. The summed E-state index contributed by atoms with van der Waals surface area (Å²) in [6.45, 7) is 0.620. The zero-order chi connectivity index (χ0) is 7.11. The van der Waals surface area contributed by atoms with E-state index < -0.39 is 5.37 Å². The van der Waals surface area contributed by atoms with Crippen molar-refractivity contribution >= 4 is 28.6 Å². The van der Waals surface area contributed by atoms with Gasteiger partial charge in [0, 0.05) is 12.4 Å². The number of rotatable bonds is 4. The van der Waals surface area contributed by atoms with Gasteiger partial charge in [-0.05, 0) is 24.4 Å². The maximum atomic E-state index is 10.0. The van der Waals surface area contributed by atoms with Gasteiger partial charge in [0.2, 0.25) is 0 Å². The van der Waals surface area contributed by atoms with Crippen LogP contribution in [0, 0.1) is 0 Å². The average molecular weight is 170 g/mol. The first-order valence-corrected chi connectivity index (χ1v) is 3.68. The molecule has 0 aliphatic rings. The van der Waals surface area contributed by atoms with Crippen molar-refractivity contribution in [1.82, 2.24) is 5.32 Å². The summed E-state index contributed by atoms with van der Waals surface area (Å²) in [6.07, 6.45) is 1.81. The standard InChI is InChI=1S/C5H9Cl2NO/c6-3-1-2-4-8-5(7)9/h1-4H2,(H,8,9). The molecule has 0 heterocycles. The van der Waals surface area contributed by atoms with Gasteiger partial charge < -0.3 is 5.32 Å². The molecule has 0 bridgehead atoms. The minimum absolute atomic E-state index is 0.496. The van der Waals surface area contributed by atoms with Crippen LogP contribution in [-0.2, 0) is 0 Å². The molecule has 0 aromatic heterocycles. The fourth-order valence-electron chi connectivity index (χ4n) is 0.406. The summed E-state index contributed by atoms with van der Waals surface area (Å²) in [4.78, 5) is 10.0. The van der Waals surface area contributed by atoms with Gasteiger partial charge in [-0.25, -0.2) is 0 Å². The highest BCUT2D eigenvalue weighted by Crippen LogP contribution is 1.89. The highest BCUT2D eigenvalue weighted by molar-refractivity contribution is 6.62. The first-order chi connectivity index (χ1) is 4.27. The molecule has 54 valence electrons. The summed E-state index contributed by atoms with van der Waals surface area (Å²) in [7, 11) is 0. The number of carbonyl (C=O) groups is 1. The topological polar surface area (TPSA) is 29.1 Å². The lowest BCUT2D eigenvalue weighted by molar-refractivity contribution is 0.259. The van der Waals surface area contributed by atoms with Gasteiger partial charge in [0.1, 0.15) is 0 Å². The van der Waals surface area contributed by atoms with E-state index in [2.05, 4.69) is 5.32 Å². The summed E-state index contributed by atoms with van der Waals surface area (Å²) in [6, 6.07) is 0. The molecule has 0 aliphatic carbocycles. The van der Waals surface area contributed by atoms with Crippen LogP contribution in [0.25, 0.3) is 0 Å². The average Bonchev–Trinajstić information content (AvgIpc) is 1.80. The van der Waals surface area contributed by atoms with Crippen LogP contribution in [-0.4, -0.2) is 17.8 Å². The molecule has 0 fully saturated rings. The van der Waals surface area contributed by atoms with Gasteiger partial charge in [-0.3, -0.25) is 4.79 Å². The van der Waals surface area contributed by atoms with Gasteiger partial charge in [0.05, 0.1) is 0 Å². The van der Waals surface area contributed by atoms with E-state index >= 15 is 0 Å². The zero-order valence-electron chi connectivity index (χ0n) is 4.99. The van der Waals surface area contributed by atoms with Gasteiger partial charge in [-0.15, -0.1) is 11.6 Å². The molecular weight excluding hydrogens is 161 g/mol. The van der Waals surface area contributed by atoms with Crippen molar-refractivity contribution in [2.75, 3.05) is 12.4 Å². The number of hydrogen-bond acceptors (Lipinski definition) is 1. The van der Waals surface area contributed by atoms with E-state index in [1.807, 2.05) is 0 Å². The molecule has 0 saturated carbocycles. The highest BCUT2D eigenvalue weighted by atomic mass is 35.5. The molecule has 2 nitrogen and oxygen atoms in total. The van der Waals surface area contributed by atoms with E-state index in [0.717, 1.165) is 12.8 Å². The molecule has 0 rings (SSSR count). The van der Waals surface area contributed by atoms with Crippen molar-refractivity contribution in [3.63, 3.8) is 0 Å². The highest BCUT2D eigenvalue weighted by Gasteiger charge is 1.90. The van der Waals surface area contributed by atoms with E-state index in [1.165, 1.54) is 0 Å². The molecule has 0 aromatic carbocycles. The van der Waals surface area contributed by atoms with Gasteiger partial charge in [-0.2, -0.15) is 0 Å². The summed E-state index contributed by atoms with van der Waals surface area (Å²) >= 11 is 10.3. The van der Waals surface area contributed by atoms with E-state index in [1.54, 1.807) is 0 Å². The second-order valence-electron chi connectivity index (χ2n) is 1.60. The third kappa shape index (κ3) is 8.05. The Morgan fingerprint density at radius 3 is 2.56 bits per heavy atom. The Labute approximate surface area is 64.5 Å². The number of amides is 1.